The lowest BCUT2D eigenvalue weighted by molar-refractivity contribution is -0.152. The molecule has 0 spiro atoms. The standard InChI is InChI=1S/C5H3F6N3O3S/c6-4(7,8)1-17-18(15,16)3-12-2(13-14-3)5(9,10)11/h1H2,(H,12,13,14). The molecule has 0 aliphatic carbocycles. The van der Waals surface area contributed by atoms with Crippen molar-refractivity contribution < 1.29 is 38.9 Å². The van der Waals surface area contributed by atoms with Crippen molar-refractivity contribution in [2.75, 3.05) is 6.61 Å². The lowest BCUT2D eigenvalue weighted by atomic mass is 10.6. The van der Waals surface area contributed by atoms with Crippen LogP contribution in [0.3, 0.4) is 0 Å². The van der Waals surface area contributed by atoms with Gasteiger partial charge < -0.3 is 0 Å². The van der Waals surface area contributed by atoms with Crippen molar-refractivity contribution in [1.82, 2.24) is 15.2 Å². The van der Waals surface area contributed by atoms with Crippen LogP contribution in [0.1, 0.15) is 5.82 Å². The molecule has 6 nitrogen and oxygen atoms in total. The van der Waals surface area contributed by atoms with Gasteiger partial charge in [0.25, 0.3) is 11.0 Å². The lowest BCUT2D eigenvalue weighted by Crippen LogP contribution is -2.21. The van der Waals surface area contributed by atoms with Crippen LogP contribution in [0.2, 0.25) is 0 Å². The molecule has 0 fully saturated rings. The maximum atomic E-state index is 12.0. The number of aromatic nitrogens is 3. The Morgan fingerprint density at radius 3 is 2.11 bits per heavy atom. The summed E-state index contributed by atoms with van der Waals surface area (Å²) in [6, 6.07) is 0. The number of H-pyrrole nitrogens is 1. The van der Waals surface area contributed by atoms with Gasteiger partial charge in [0.05, 0.1) is 0 Å². The fourth-order valence-electron chi connectivity index (χ4n) is 0.686. The molecule has 0 atom stereocenters. The summed E-state index contributed by atoms with van der Waals surface area (Å²) in [6.45, 7) is -2.18. The molecule has 0 aliphatic heterocycles. The van der Waals surface area contributed by atoms with Gasteiger partial charge in [0.1, 0.15) is 0 Å². The van der Waals surface area contributed by atoms with Crippen LogP contribution in [-0.2, 0) is 20.5 Å². The minimum atomic E-state index is -5.08. The van der Waals surface area contributed by atoms with Gasteiger partial charge in [-0.05, 0) is 0 Å². The van der Waals surface area contributed by atoms with Crippen molar-refractivity contribution in [3.8, 4) is 0 Å². The molecule has 1 aromatic rings. The third kappa shape index (κ3) is 3.83. The average molecular weight is 299 g/mol. The Kier molecular flexibility index (Phi) is 3.58. The monoisotopic (exact) mass is 299 g/mol. The summed E-state index contributed by atoms with van der Waals surface area (Å²) in [7, 11) is -5.08. The molecular weight excluding hydrogens is 296 g/mol. The highest BCUT2D eigenvalue weighted by molar-refractivity contribution is 7.86. The van der Waals surface area contributed by atoms with Gasteiger partial charge in [-0.25, -0.2) is 5.10 Å². The number of hydrogen-bond acceptors (Lipinski definition) is 5. The third-order valence-electron chi connectivity index (χ3n) is 1.33. The first-order chi connectivity index (χ1) is 7.92. The molecule has 104 valence electrons. The van der Waals surface area contributed by atoms with Crippen LogP contribution in [0.4, 0.5) is 26.3 Å². The summed E-state index contributed by atoms with van der Waals surface area (Å²) < 4.78 is 96.5. The maximum absolute atomic E-state index is 12.0. The fourth-order valence-corrected chi connectivity index (χ4v) is 1.44. The molecule has 1 aromatic heterocycles. The van der Waals surface area contributed by atoms with Crippen LogP contribution < -0.4 is 0 Å². The number of aromatic amines is 1. The molecule has 1 N–H and O–H groups in total. The van der Waals surface area contributed by atoms with Gasteiger partial charge in [0, 0.05) is 0 Å². The van der Waals surface area contributed by atoms with Crippen molar-refractivity contribution in [2.45, 2.75) is 17.5 Å². The van der Waals surface area contributed by atoms with E-state index in [9.17, 15) is 34.8 Å². The Labute approximate surface area is 95.1 Å². The van der Waals surface area contributed by atoms with Crippen molar-refractivity contribution in [3.05, 3.63) is 5.82 Å². The van der Waals surface area contributed by atoms with Gasteiger partial charge in [-0.1, -0.05) is 0 Å². The Hall–Kier alpha value is -1.37. The number of alkyl halides is 6. The minimum Gasteiger partial charge on any atom is -0.254 e. The van der Waals surface area contributed by atoms with Crippen molar-refractivity contribution in [1.29, 1.82) is 0 Å². The lowest BCUT2D eigenvalue weighted by Gasteiger charge is -2.05. The van der Waals surface area contributed by atoms with Gasteiger partial charge in [-0.15, -0.1) is 5.10 Å². The van der Waals surface area contributed by atoms with Crippen molar-refractivity contribution in [3.63, 3.8) is 0 Å². The van der Waals surface area contributed by atoms with E-state index in [4.69, 9.17) is 0 Å². The van der Waals surface area contributed by atoms with Gasteiger partial charge in [-0.3, -0.25) is 4.18 Å². The number of halogens is 6. The van der Waals surface area contributed by atoms with Gasteiger partial charge in [-0.2, -0.15) is 39.7 Å². The molecule has 0 amide bonds. The van der Waals surface area contributed by atoms with Crippen LogP contribution in [0, 0.1) is 0 Å². The molecule has 0 unspecified atom stereocenters. The Morgan fingerprint density at radius 2 is 1.72 bits per heavy atom. The van der Waals surface area contributed by atoms with Crippen LogP contribution in [0.5, 0.6) is 0 Å². The highest BCUT2D eigenvalue weighted by Gasteiger charge is 2.39. The van der Waals surface area contributed by atoms with Crippen molar-refractivity contribution >= 4 is 10.1 Å². The first kappa shape index (κ1) is 14.7. The molecule has 0 aromatic carbocycles. The zero-order chi connectivity index (χ0) is 14.2. The van der Waals surface area contributed by atoms with Crippen LogP contribution in [0.25, 0.3) is 0 Å². The quantitative estimate of drug-likeness (QED) is 0.667. The van der Waals surface area contributed by atoms with E-state index in [0.29, 0.717) is 0 Å². The smallest absolute Gasteiger partial charge is 0.254 e. The van der Waals surface area contributed by atoms with E-state index in [1.165, 1.54) is 5.10 Å². The Morgan fingerprint density at radius 1 is 1.17 bits per heavy atom. The predicted molar refractivity (Wildman–Crippen MR) is 40.6 cm³/mol. The summed E-state index contributed by atoms with van der Waals surface area (Å²) in [5.41, 5.74) is 0. The Bertz CT molecular complexity index is 517. The zero-order valence-electron chi connectivity index (χ0n) is 8.00. The molecule has 0 saturated carbocycles. The normalized spacial score (nSPS) is 13.9. The topological polar surface area (TPSA) is 84.9 Å². The van der Waals surface area contributed by atoms with E-state index in [1.54, 1.807) is 0 Å². The second kappa shape index (κ2) is 4.38. The molecule has 13 heteroatoms. The highest BCUT2D eigenvalue weighted by Crippen LogP contribution is 2.26. The maximum Gasteiger partial charge on any atom is 0.453 e. The van der Waals surface area contributed by atoms with E-state index < -0.39 is 40.1 Å². The van der Waals surface area contributed by atoms with Gasteiger partial charge in [0.2, 0.25) is 0 Å². The number of rotatable bonds is 3. The van der Waals surface area contributed by atoms with Crippen LogP contribution in [-0.4, -0.2) is 36.4 Å². The number of nitrogens with zero attached hydrogens (tertiary/aromatic N) is 2. The number of hydrogen-bond donors (Lipinski definition) is 1. The van der Waals surface area contributed by atoms with E-state index in [1.807, 2.05) is 0 Å². The number of nitrogens with one attached hydrogen (secondary N) is 1. The average Bonchev–Trinajstić information content (AvgIpc) is 2.62. The largest absolute Gasteiger partial charge is 0.453 e. The van der Waals surface area contributed by atoms with Gasteiger partial charge in [0.15, 0.2) is 6.61 Å². The second-order valence-corrected chi connectivity index (χ2v) is 4.32. The summed E-state index contributed by atoms with van der Waals surface area (Å²) in [4.78, 5) is 2.48. The summed E-state index contributed by atoms with van der Waals surface area (Å²) in [6.07, 6.45) is -9.99. The van der Waals surface area contributed by atoms with E-state index in [-0.39, 0.29) is 0 Å². The molecule has 0 saturated heterocycles. The van der Waals surface area contributed by atoms with Crippen molar-refractivity contribution in [2.24, 2.45) is 0 Å². The molecule has 0 radical (unpaired) electrons. The van der Waals surface area contributed by atoms with Crippen LogP contribution >= 0.6 is 0 Å². The predicted octanol–water partition coefficient (Wildman–Crippen LogP) is 1.09. The van der Waals surface area contributed by atoms with Gasteiger partial charge >= 0.3 is 22.5 Å². The van der Waals surface area contributed by atoms with Crippen LogP contribution in [0.15, 0.2) is 5.16 Å². The summed E-state index contributed by atoms with van der Waals surface area (Å²) >= 11 is 0. The van der Waals surface area contributed by atoms with E-state index in [2.05, 4.69) is 14.3 Å². The third-order valence-corrected chi connectivity index (χ3v) is 2.42. The molecule has 0 aliphatic rings. The van der Waals surface area contributed by atoms with E-state index in [0.717, 1.165) is 0 Å². The minimum absolute atomic E-state index is 1.33. The first-order valence-electron chi connectivity index (χ1n) is 3.87. The molecule has 1 rings (SSSR count). The SMILES string of the molecule is O=S(=O)(OCC(F)(F)F)c1nc(C(F)(F)F)n[nH]1. The molecular formula is C5H3F6N3O3S. The summed E-state index contributed by atoms with van der Waals surface area (Å²) in [5, 5.41) is 2.36. The Balaban J connectivity index is 2.90. The molecule has 0 bridgehead atoms. The first-order valence-corrected chi connectivity index (χ1v) is 5.28. The zero-order valence-corrected chi connectivity index (χ0v) is 8.82. The fraction of sp³-hybridized carbons (Fsp3) is 0.600. The second-order valence-electron chi connectivity index (χ2n) is 2.79. The highest BCUT2D eigenvalue weighted by atomic mass is 32.2. The summed E-state index contributed by atoms with van der Waals surface area (Å²) in [5.74, 6) is -1.84. The molecule has 1 heterocycles. The molecule has 18 heavy (non-hydrogen) atoms. The van der Waals surface area contributed by atoms with E-state index >= 15 is 0 Å².